The highest BCUT2D eigenvalue weighted by atomic mass is 35.5. The summed E-state index contributed by atoms with van der Waals surface area (Å²) in [6, 6.07) is 3.66. The van der Waals surface area contributed by atoms with E-state index in [1.807, 2.05) is 26.8 Å². The van der Waals surface area contributed by atoms with Crippen molar-refractivity contribution in [1.82, 2.24) is 9.88 Å². The normalized spacial score (nSPS) is 22.5. The highest BCUT2D eigenvalue weighted by Gasteiger charge is 2.39. The Balaban J connectivity index is 2.23. The van der Waals surface area contributed by atoms with Gasteiger partial charge in [-0.2, -0.15) is 0 Å². The van der Waals surface area contributed by atoms with Crippen LogP contribution in [-0.2, 0) is 0 Å². The van der Waals surface area contributed by atoms with Crippen molar-refractivity contribution in [2.24, 2.45) is 5.92 Å². The molecule has 2 atom stereocenters. The van der Waals surface area contributed by atoms with Crippen molar-refractivity contribution < 1.29 is 9.90 Å². The fourth-order valence-electron chi connectivity index (χ4n) is 3.10. The number of hydrogen-bond acceptors (Lipinski definition) is 3. The number of carbonyl (C=O) groups is 1. The molecule has 1 saturated heterocycles. The van der Waals surface area contributed by atoms with E-state index in [9.17, 15) is 9.90 Å². The van der Waals surface area contributed by atoms with Crippen LogP contribution in [0.3, 0.4) is 0 Å². The van der Waals surface area contributed by atoms with Crippen molar-refractivity contribution in [3.8, 4) is 0 Å². The second-order valence-corrected chi connectivity index (χ2v) is 7.33. The lowest BCUT2D eigenvalue weighted by atomic mass is 9.89. The Hall–Kier alpha value is -1.49. The number of carboxylic acid groups (broad SMARTS) is 1. The van der Waals surface area contributed by atoms with Gasteiger partial charge in [-0.3, -0.25) is 4.90 Å². The molecule has 122 valence electrons. The highest BCUT2D eigenvalue weighted by molar-refractivity contribution is 6.29. The maximum absolute atomic E-state index is 11.8. The molecule has 0 spiro atoms. The van der Waals surface area contributed by atoms with Gasteiger partial charge < -0.3 is 10.0 Å². The number of pyridine rings is 1. The Morgan fingerprint density at radius 3 is 2.64 bits per heavy atom. The van der Waals surface area contributed by atoms with Crippen molar-refractivity contribution >= 4 is 23.4 Å². The van der Waals surface area contributed by atoms with Crippen LogP contribution < -0.4 is 4.90 Å². The van der Waals surface area contributed by atoms with E-state index in [0.717, 1.165) is 18.7 Å². The van der Waals surface area contributed by atoms with Gasteiger partial charge in [-0.1, -0.05) is 18.5 Å². The highest BCUT2D eigenvalue weighted by Crippen LogP contribution is 2.30. The molecule has 0 saturated carbocycles. The molecular formula is C16H24ClN3O2. The second kappa shape index (κ2) is 6.32. The van der Waals surface area contributed by atoms with E-state index in [1.54, 1.807) is 17.2 Å². The fourth-order valence-corrected chi connectivity index (χ4v) is 3.21. The number of halogens is 1. The van der Waals surface area contributed by atoms with Crippen LogP contribution in [0.5, 0.6) is 0 Å². The molecule has 0 aliphatic carbocycles. The van der Waals surface area contributed by atoms with Crippen LogP contribution in [0, 0.1) is 5.92 Å². The summed E-state index contributed by atoms with van der Waals surface area (Å²) in [6.07, 6.45) is 1.84. The maximum atomic E-state index is 11.8. The molecule has 1 amide bonds. The number of hydrogen-bond donors (Lipinski definition) is 1. The van der Waals surface area contributed by atoms with Crippen molar-refractivity contribution in [2.45, 2.75) is 45.7 Å². The molecule has 1 aliphatic heterocycles. The summed E-state index contributed by atoms with van der Waals surface area (Å²) in [5.74, 6) is 0.326. The van der Waals surface area contributed by atoms with Crippen LogP contribution in [0.25, 0.3) is 0 Å². The average molecular weight is 326 g/mol. The molecule has 1 aliphatic rings. The van der Waals surface area contributed by atoms with E-state index in [1.165, 1.54) is 0 Å². The number of anilines is 1. The number of piperidine rings is 1. The number of nitrogens with zero attached hydrogens (tertiary/aromatic N) is 3. The third-order valence-electron chi connectivity index (χ3n) is 4.26. The van der Waals surface area contributed by atoms with Crippen LogP contribution in [0.1, 0.15) is 34.1 Å². The molecule has 0 bridgehead atoms. The van der Waals surface area contributed by atoms with Gasteiger partial charge in [0.25, 0.3) is 0 Å². The van der Waals surface area contributed by atoms with Crippen LogP contribution in [0.2, 0.25) is 5.15 Å². The van der Waals surface area contributed by atoms with Crippen LogP contribution >= 0.6 is 11.6 Å². The molecule has 0 radical (unpaired) electrons. The lowest BCUT2D eigenvalue weighted by Crippen LogP contribution is -2.59. The van der Waals surface area contributed by atoms with Gasteiger partial charge in [-0.05, 0) is 45.2 Å². The van der Waals surface area contributed by atoms with Crippen LogP contribution in [0.15, 0.2) is 18.3 Å². The predicted octanol–water partition coefficient (Wildman–Crippen LogP) is 3.73. The molecule has 2 heterocycles. The summed E-state index contributed by atoms with van der Waals surface area (Å²) in [5.41, 5.74) is 0.562. The van der Waals surface area contributed by atoms with E-state index < -0.39 is 11.6 Å². The quantitative estimate of drug-likeness (QED) is 0.842. The van der Waals surface area contributed by atoms with Crippen molar-refractivity contribution in [3.63, 3.8) is 0 Å². The van der Waals surface area contributed by atoms with Crippen molar-refractivity contribution in [2.75, 3.05) is 18.0 Å². The van der Waals surface area contributed by atoms with E-state index in [2.05, 4.69) is 16.8 Å². The molecule has 5 nitrogen and oxygen atoms in total. The Morgan fingerprint density at radius 2 is 2.14 bits per heavy atom. The first kappa shape index (κ1) is 16.9. The Morgan fingerprint density at radius 1 is 1.45 bits per heavy atom. The first-order chi connectivity index (χ1) is 10.2. The summed E-state index contributed by atoms with van der Waals surface area (Å²) < 4.78 is 0. The Bertz CT molecular complexity index is 527. The minimum absolute atomic E-state index is 0.0399. The topological polar surface area (TPSA) is 56.7 Å². The van der Waals surface area contributed by atoms with Gasteiger partial charge in [0.1, 0.15) is 5.15 Å². The summed E-state index contributed by atoms with van der Waals surface area (Å²) >= 11 is 5.84. The van der Waals surface area contributed by atoms with E-state index in [0.29, 0.717) is 17.6 Å². The zero-order valence-electron chi connectivity index (χ0n) is 13.6. The molecule has 22 heavy (non-hydrogen) atoms. The van der Waals surface area contributed by atoms with Gasteiger partial charge in [-0.25, -0.2) is 9.78 Å². The lowest BCUT2D eigenvalue weighted by Gasteiger charge is -2.47. The van der Waals surface area contributed by atoms with Crippen molar-refractivity contribution in [3.05, 3.63) is 23.5 Å². The van der Waals surface area contributed by atoms with Gasteiger partial charge >= 0.3 is 6.09 Å². The average Bonchev–Trinajstić information content (AvgIpc) is 2.40. The molecule has 1 aromatic rings. The van der Waals surface area contributed by atoms with Gasteiger partial charge in [0.2, 0.25) is 0 Å². The number of rotatable bonds is 2. The van der Waals surface area contributed by atoms with Crippen LogP contribution in [-0.4, -0.2) is 45.8 Å². The van der Waals surface area contributed by atoms with E-state index in [-0.39, 0.29) is 6.04 Å². The van der Waals surface area contributed by atoms with Crippen molar-refractivity contribution in [1.29, 1.82) is 0 Å². The second-order valence-electron chi connectivity index (χ2n) is 6.94. The smallest absolute Gasteiger partial charge is 0.408 e. The minimum Gasteiger partial charge on any atom is -0.465 e. The number of amides is 1. The maximum Gasteiger partial charge on any atom is 0.408 e. The molecule has 0 unspecified atom stereocenters. The summed E-state index contributed by atoms with van der Waals surface area (Å²) in [5, 5.41) is 10.1. The minimum atomic E-state index is -0.861. The standard InChI is InChI=1S/C16H24ClN3O2/c1-11-7-8-19(12-5-6-14(17)18-9-12)10-13(11)20(15(21)22)16(2,3)4/h5-6,9,11,13H,7-8,10H2,1-4H3,(H,21,22)/t11-,13+/m0/s1. The fraction of sp³-hybridized carbons (Fsp3) is 0.625. The third-order valence-corrected chi connectivity index (χ3v) is 4.48. The third kappa shape index (κ3) is 3.64. The summed E-state index contributed by atoms with van der Waals surface area (Å²) in [6.45, 7) is 9.53. The predicted molar refractivity (Wildman–Crippen MR) is 88.6 cm³/mol. The van der Waals surface area contributed by atoms with Gasteiger partial charge in [0.15, 0.2) is 0 Å². The molecule has 2 rings (SSSR count). The monoisotopic (exact) mass is 325 g/mol. The number of aromatic nitrogens is 1. The Kier molecular flexibility index (Phi) is 4.85. The van der Waals surface area contributed by atoms with E-state index >= 15 is 0 Å². The summed E-state index contributed by atoms with van der Waals surface area (Å²) in [7, 11) is 0. The molecular weight excluding hydrogens is 302 g/mol. The van der Waals surface area contributed by atoms with Gasteiger partial charge in [-0.15, -0.1) is 0 Å². The lowest BCUT2D eigenvalue weighted by molar-refractivity contribution is 0.0467. The molecule has 0 aromatic carbocycles. The Labute approximate surface area is 136 Å². The first-order valence-corrected chi connectivity index (χ1v) is 7.96. The molecule has 1 aromatic heterocycles. The largest absolute Gasteiger partial charge is 0.465 e. The van der Waals surface area contributed by atoms with Gasteiger partial charge in [0, 0.05) is 18.6 Å². The SMILES string of the molecule is C[C@H]1CCN(c2ccc(Cl)nc2)C[C@H]1N(C(=O)O)C(C)(C)C. The molecule has 1 fully saturated rings. The first-order valence-electron chi connectivity index (χ1n) is 7.59. The molecule has 1 N–H and O–H groups in total. The van der Waals surface area contributed by atoms with E-state index in [4.69, 9.17) is 11.6 Å². The molecule has 6 heteroatoms. The zero-order chi connectivity index (χ0) is 16.5. The van der Waals surface area contributed by atoms with Crippen LogP contribution in [0.4, 0.5) is 10.5 Å². The zero-order valence-corrected chi connectivity index (χ0v) is 14.3. The summed E-state index contributed by atoms with van der Waals surface area (Å²) in [4.78, 5) is 19.7. The van der Waals surface area contributed by atoms with Gasteiger partial charge in [0.05, 0.1) is 17.9 Å².